The number of nitro groups is 1. The first kappa shape index (κ1) is 15.9. The number of nitrogens with zero attached hydrogens (tertiary/aromatic N) is 3. The lowest BCUT2D eigenvalue weighted by Crippen LogP contribution is -2.43. The summed E-state index contributed by atoms with van der Waals surface area (Å²) in [4.78, 5) is 12.0. The summed E-state index contributed by atoms with van der Waals surface area (Å²) in [6.45, 7) is 2.37. The lowest BCUT2D eigenvalue weighted by molar-refractivity contribution is -0.384. The maximum Gasteiger partial charge on any atom is 0.270 e. The maximum absolute atomic E-state index is 10.6. The first-order valence-electron chi connectivity index (χ1n) is 6.05. The SMILES string of the molecule is CN(C)CC(C)(O)CNc1ccc([N+](=O)[O-])cc1C#N. The molecule has 1 aromatic carbocycles. The van der Waals surface area contributed by atoms with Gasteiger partial charge >= 0.3 is 0 Å². The topological polar surface area (TPSA) is 102 Å². The van der Waals surface area contributed by atoms with Crippen molar-refractivity contribution in [3.05, 3.63) is 33.9 Å². The Kier molecular flexibility index (Phi) is 5.02. The summed E-state index contributed by atoms with van der Waals surface area (Å²) >= 11 is 0. The Labute approximate surface area is 117 Å². The number of hydrogen-bond acceptors (Lipinski definition) is 6. The zero-order valence-electron chi connectivity index (χ0n) is 11.8. The Morgan fingerprint density at radius 3 is 2.70 bits per heavy atom. The van der Waals surface area contributed by atoms with Crippen molar-refractivity contribution in [2.45, 2.75) is 12.5 Å². The lowest BCUT2D eigenvalue weighted by atomic mass is 10.1. The van der Waals surface area contributed by atoms with Crippen LogP contribution in [0.1, 0.15) is 12.5 Å². The van der Waals surface area contributed by atoms with E-state index in [1.807, 2.05) is 25.1 Å². The summed E-state index contributed by atoms with van der Waals surface area (Å²) in [7, 11) is 3.70. The number of nitrogens with one attached hydrogen (secondary N) is 1. The molecule has 7 nitrogen and oxygen atoms in total. The quantitative estimate of drug-likeness (QED) is 0.598. The Morgan fingerprint density at radius 2 is 2.20 bits per heavy atom. The third-order valence-corrected chi connectivity index (χ3v) is 2.65. The standard InChI is InChI=1S/C13H18N4O3/c1-13(18,9-16(2)3)8-15-12-5-4-11(17(19)20)6-10(12)7-14/h4-6,15,18H,8-9H2,1-3H3. The molecule has 7 heteroatoms. The van der Waals surface area contributed by atoms with Gasteiger partial charge in [0, 0.05) is 25.2 Å². The summed E-state index contributed by atoms with van der Waals surface area (Å²) in [5.41, 5.74) is -0.456. The Bertz CT molecular complexity index is 535. The number of rotatable bonds is 6. The van der Waals surface area contributed by atoms with Crippen molar-refractivity contribution in [2.75, 3.05) is 32.5 Å². The van der Waals surface area contributed by atoms with Crippen molar-refractivity contribution in [2.24, 2.45) is 0 Å². The first-order valence-corrected chi connectivity index (χ1v) is 6.05. The molecular formula is C13H18N4O3. The molecule has 0 radical (unpaired) electrons. The smallest absolute Gasteiger partial charge is 0.270 e. The third-order valence-electron chi connectivity index (χ3n) is 2.65. The summed E-state index contributed by atoms with van der Waals surface area (Å²) in [5, 5.41) is 32.8. The van der Waals surface area contributed by atoms with Crippen molar-refractivity contribution in [3.8, 4) is 6.07 Å². The average molecular weight is 278 g/mol. The highest BCUT2D eigenvalue weighted by Crippen LogP contribution is 2.22. The van der Waals surface area contributed by atoms with E-state index in [4.69, 9.17) is 5.26 Å². The molecule has 0 aliphatic rings. The molecule has 0 fully saturated rings. The van der Waals surface area contributed by atoms with Gasteiger partial charge in [0.05, 0.1) is 21.8 Å². The van der Waals surface area contributed by atoms with Gasteiger partial charge in [0.15, 0.2) is 0 Å². The second-order valence-electron chi connectivity index (χ2n) is 5.19. The fourth-order valence-electron chi connectivity index (χ4n) is 1.92. The molecule has 1 atom stereocenters. The number of anilines is 1. The van der Waals surface area contributed by atoms with Gasteiger partial charge in [0.1, 0.15) is 6.07 Å². The number of benzene rings is 1. The van der Waals surface area contributed by atoms with Crippen LogP contribution >= 0.6 is 0 Å². The molecule has 2 N–H and O–H groups in total. The molecule has 0 bridgehead atoms. The number of nitro benzene ring substituents is 1. The maximum atomic E-state index is 10.6. The van der Waals surface area contributed by atoms with Gasteiger partial charge in [-0.3, -0.25) is 10.1 Å². The number of aliphatic hydroxyl groups is 1. The van der Waals surface area contributed by atoms with Gasteiger partial charge in [-0.1, -0.05) is 0 Å². The zero-order valence-corrected chi connectivity index (χ0v) is 11.8. The molecule has 0 saturated heterocycles. The predicted octanol–water partition coefficient (Wildman–Crippen LogP) is 1.19. The monoisotopic (exact) mass is 278 g/mol. The van der Waals surface area contributed by atoms with E-state index in [2.05, 4.69) is 5.32 Å². The number of nitriles is 1. The van der Waals surface area contributed by atoms with Crippen LogP contribution in [-0.2, 0) is 0 Å². The van der Waals surface area contributed by atoms with Crippen LogP contribution in [0.25, 0.3) is 0 Å². The minimum absolute atomic E-state index is 0.132. The molecule has 0 aliphatic heterocycles. The molecule has 0 aromatic heterocycles. The summed E-state index contributed by atoms with van der Waals surface area (Å²) < 4.78 is 0. The normalized spacial score (nSPS) is 13.6. The molecular weight excluding hydrogens is 260 g/mol. The summed E-state index contributed by atoms with van der Waals surface area (Å²) in [6.07, 6.45) is 0. The molecule has 1 aromatic rings. The van der Waals surface area contributed by atoms with Crippen LogP contribution < -0.4 is 5.32 Å². The molecule has 1 rings (SSSR count). The van der Waals surface area contributed by atoms with Gasteiger partial charge in [-0.15, -0.1) is 0 Å². The highest BCUT2D eigenvalue weighted by molar-refractivity contribution is 5.61. The fraction of sp³-hybridized carbons (Fsp3) is 0.462. The minimum atomic E-state index is -0.974. The molecule has 1 unspecified atom stereocenters. The number of likely N-dealkylation sites (N-methyl/N-ethyl adjacent to an activating group) is 1. The van der Waals surface area contributed by atoms with Gasteiger partial charge in [-0.25, -0.2) is 0 Å². The second kappa shape index (κ2) is 6.32. The van der Waals surface area contributed by atoms with Crippen LogP contribution in [0.15, 0.2) is 18.2 Å². The average Bonchev–Trinajstić information content (AvgIpc) is 2.34. The second-order valence-corrected chi connectivity index (χ2v) is 5.19. The first-order chi connectivity index (χ1) is 9.25. The highest BCUT2D eigenvalue weighted by atomic mass is 16.6. The molecule has 108 valence electrons. The minimum Gasteiger partial charge on any atom is -0.387 e. The van der Waals surface area contributed by atoms with E-state index >= 15 is 0 Å². The summed E-state index contributed by atoms with van der Waals surface area (Å²) in [6, 6.07) is 5.92. The van der Waals surface area contributed by atoms with Crippen LogP contribution in [0.2, 0.25) is 0 Å². The largest absolute Gasteiger partial charge is 0.387 e. The molecule has 0 amide bonds. The number of non-ortho nitro benzene ring substituents is 1. The van der Waals surface area contributed by atoms with Gasteiger partial charge < -0.3 is 15.3 Å². The van der Waals surface area contributed by atoms with E-state index < -0.39 is 10.5 Å². The third kappa shape index (κ3) is 4.50. The molecule has 0 aliphatic carbocycles. The Balaban J connectivity index is 2.83. The lowest BCUT2D eigenvalue weighted by Gasteiger charge is -2.27. The van der Waals surface area contributed by atoms with E-state index in [9.17, 15) is 15.2 Å². The van der Waals surface area contributed by atoms with Gasteiger partial charge in [-0.05, 0) is 27.1 Å². The fourth-order valence-corrected chi connectivity index (χ4v) is 1.92. The van der Waals surface area contributed by atoms with Crippen LogP contribution in [0.4, 0.5) is 11.4 Å². The predicted molar refractivity (Wildman–Crippen MR) is 75.5 cm³/mol. The van der Waals surface area contributed by atoms with E-state index in [1.54, 1.807) is 6.92 Å². The molecule has 20 heavy (non-hydrogen) atoms. The van der Waals surface area contributed by atoms with Crippen LogP contribution in [0, 0.1) is 21.4 Å². The van der Waals surface area contributed by atoms with Crippen LogP contribution in [0.3, 0.4) is 0 Å². The zero-order chi connectivity index (χ0) is 15.3. The van der Waals surface area contributed by atoms with E-state index in [0.717, 1.165) is 0 Å². The van der Waals surface area contributed by atoms with E-state index in [-0.39, 0.29) is 17.8 Å². The summed E-state index contributed by atoms with van der Waals surface area (Å²) in [5.74, 6) is 0. The molecule has 0 saturated carbocycles. The van der Waals surface area contributed by atoms with Crippen molar-refractivity contribution in [1.82, 2.24) is 4.90 Å². The van der Waals surface area contributed by atoms with E-state index in [1.165, 1.54) is 18.2 Å². The van der Waals surface area contributed by atoms with Gasteiger partial charge in [-0.2, -0.15) is 5.26 Å². The Hall–Kier alpha value is -2.17. The highest BCUT2D eigenvalue weighted by Gasteiger charge is 2.21. The molecule has 0 heterocycles. The Morgan fingerprint density at radius 1 is 1.55 bits per heavy atom. The number of hydrogen-bond donors (Lipinski definition) is 2. The van der Waals surface area contributed by atoms with Crippen molar-refractivity contribution in [1.29, 1.82) is 5.26 Å². The van der Waals surface area contributed by atoms with Crippen molar-refractivity contribution < 1.29 is 10.0 Å². The van der Waals surface area contributed by atoms with Crippen LogP contribution in [-0.4, -0.2) is 47.7 Å². The van der Waals surface area contributed by atoms with Crippen molar-refractivity contribution in [3.63, 3.8) is 0 Å². The van der Waals surface area contributed by atoms with E-state index in [0.29, 0.717) is 12.2 Å². The van der Waals surface area contributed by atoms with Gasteiger partial charge in [0.25, 0.3) is 5.69 Å². The molecule has 0 spiro atoms. The van der Waals surface area contributed by atoms with Crippen LogP contribution in [0.5, 0.6) is 0 Å². The van der Waals surface area contributed by atoms with Gasteiger partial charge in [0.2, 0.25) is 0 Å². The van der Waals surface area contributed by atoms with Crippen molar-refractivity contribution >= 4 is 11.4 Å².